The van der Waals surface area contributed by atoms with Gasteiger partial charge in [0.25, 0.3) is 5.91 Å². The highest BCUT2D eigenvalue weighted by Crippen LogP contribution is 2.21. The summed E-state index contributed by atoms with van der Waals surface area (Å²) in [5.41, 5.74) is 3.92. The van der Waals surface area contributed by atoms with Crippen molar-refractivity contribution >= 4 is 17.6 Å². The van der Waals surface area contributed by atoms with Crippen LogP contribution in [0.1, 0.15) is 27.0 Å². The number of hydrogen-bond donors (Lipinski definition) is 1. The Morgan fingerprint density at radius 2 is 1.61 bits per heavy atom. The molecule has 0 heterocycles. The Morgan fingerprint density at radius 1 is 1.04 bits per heavy atom. The lowest BCUT2D eigenvalue weighted by Crippen LogP contribution is -2.22. The second kappa shape index (κ2) is 7.05. The van der Waals surface area contributed by atoms with Crippen molar-refractivity contribution in [1.29, 1.82) is 0 Å². The molecular formula is C18H18FNO3. The molecular weight excluding hydrogens is 297 g/mol. The zero-order valence-corrected chi connectivity index (χ0v) is 13.3. The van der Waals surface area contributed by atoms with Crippen molar-refractivity contribution in [2.75, 3.05) is 11.9 Å². The first-order chi connectivity index (χ1) is 10.9. The fourth-order valence-electron chi connectivity index (χ4n) is 2.35. The van der Waals surface area contributed by atoms with Crippen LogP contribution in [0.3, 0.4) is 0 Å². The van der Waals surface area contributed by atoms with Gasteiger partial charge in [0.1, 0.15) is 5.82 Å². The normalized spacial score (nSPS) is 10.3. The monoisotopic (exact) mass is 315 g/mol. The third-order valence-corrected chi connectivity index (χ3v) is 3.36. The van der Waals surface area contributed by atoms with Crippen LogP contribution in [-0.2, 0) is 9.53 Å². The third kappa shape index (κ3) is 4.39. The van der Waals surface area contributed by atoms with Gasteiger partial charge in [0.15, 0.2) is 6.61 Å². The Balaban J connectivity index is 1.95. The molecule has 2 aromatic carbocycles. The number of aryl methyl sites for hydroxylation is 3. The standard InChI is InChI=1S/C18H18FNO3/c1-11-8-12(2)17(13(3)9-11)20-16(21)10-23-18(22)14-4-6-15(19)7-5-14/h4-9H,10H2,1-3H3,(H,20,21). The first-order valence-electron chi connectivity index (χ1n) is 7.17. The van der Waals surface area contributed by atoms with Gasteiger partial charge in [0.2, 0.25) is 0 Å². The molecule has 0 aliphatic heterocycles. The molecule has 1 N–H and O–H groups in total. The van der Waals surface area contributed by atoms with E-state index in [0.717, 1.165) is 34.5 Å². The molecule has 1 amide bonds. The Bertz CT molecular complexity index is 715. The molecule has 0 saturated carbocycles. The topological polar surface area (TPSA) is 55.4 Å². The summed E-state index contributed by atoms with van der Waals surface area (Å²) in [5, 5.41) is 2.75. The van der Waals surface area contributed by atoms with Gasteiger partial charge in [-0.25, -0.2) is 9.18 Å². The molecule has 23 heavy (non-hydrogen) atoms. The Morgan fingerprint density at radius 3 is 2.17 bits per heavy atom. The van der Waals surface area contributed by atoms with Gasteiger partial charge < -0.3 is 10.1 Å². The summed E-state index contributed by atoms with van der Waals surface area (Å²) in [6.45, 7) is 5.39. The quantitative estimate of drug-likeness (QED) is 0.878. The van der Waals surface area contributed by atoms with E-state index in [1.807, 2.05) is 32.9 Å². The van der Waals surface area contributed by atoms with Crippen LogP contribution in [0.25, 0.3) is 0 Å². The minimum atomic E-state index is -0.669. The van der Waals surface area contributed by atoms with Crippen LogP contribution in [0.15, 0.2) is 36.4 Å². The lowest BCUT2D eigenvalue weighted by atomic mass is 10.1. The number of carbonyl (C=O) groups is 2. The second-order valence-electron chi connectivity index (χ2n) is 5.40. The van der Waals surface area contributed by atoms with E-state index in [9.17, 15) is 14.0 Å². The first kappa shape index (κ1) is 16.7. The highest BCUT2D eigenvalue weighted by Gasteiger charge is 2.12. The number of nitrogens with one attached hydrogen (secondary N) is 1. The molecule has 0 aliphatic rings. The van der Waals surface area contributed by atoms with Crippen LogP contribution < -0.4 is 5.32 Å². The fourth-order valence-corrected chi connectivity index (χ4v) is 2.35. The first-order valence-corrected chi connectivity index (χ1v) is 7.17. The lowest BCUT2D eigenvalue weighted by molar-refractivity contribution is -0.119. The maximum Gasteiger partial charge on any atom is 0.338 e. The van der Waals surface area contributed by atoms with E-state index in [-0.39, 0.29) is 5.56 Å². The van der Waals surface area contributed by atoms with Crippen LogP contribution in [0, 0.1) is 26.6 Å². The number of hydrogen-bond acceptors (Lipinski definition) is 3. The summed E-state index contributed by atoms with van der Waals surface area (Å²) in [7, 11) is 0. The fraction of sp³-hybridized carbons (Fsp3) is 0.222. The summed E-state index contributed by atoms with van der Waals surface area (Å²) >= 11 is 0. The number of ether oxygens (including phenoxy) is 1. The minimum absolute atomic E-state index is 0.196. The zero-order chi connectivity index (χ0) is 17.0. The van der Waals surface area contributed by atoms with Crippen LogP contribution in [0.4, 0.5) is 10.1 Å². The number of anilines is 1. The van der Waals surface area contributed by atoms with Gasteiger partial charge in [-0.05, 0) is 56.2 Å². The number of halogens is 1. The van der Waals surface area contributed by atoms with Crippen molar-refractivity contribution in [2.45, 2.75) is 20.8 Å². The Kier molecular flexibility index (Phi) is 5.11. The van der Waals surface area contributed by atoms with E-state index in [1.54, 1.807) is 0 Å². The predicted octanol–water partition coefficient (Wildman–Crippen LogP) is 3.55. The molecule has 2 rings (SSSR count). The maximum absolute atomic E-state index is 12.8. The van der Waals surface area contributed by atoms with Gasteiger partial charge >= 0.3 is 5.97 Å². The SMILES string of the molecule is Cc1cc(C)c(NC(=O)COC(=O)c2ccc(F)cc2)c(C)c1. The number of esters is 1. The van der Waals surface area contributed by atoms with E-state index >= 15 is 0 Å². The second-order valence-corrected chi connectivity index (χ2v) is 5.40. The molecule has 5 heteroatoms. The van der Waals surface area contributed by atoms with Crippen molar-refractivity contribution in [1.82, 2.24) is 0 Å². The zero-order valence-electron chi connectivity index (χ0n) is 13.3. The van der Waals surface area contributed by atoms with Crippen molar-refractivity contribution < 1.29 is 18.7 Å². The summed E-state index contributed by atoms with van der Waals surface area (Å²) in [6.07, 6.45) is 0. The van der Waals surface area contributed by atoms with E-state index in [2.05, 4.69) is 5.32 Å². The van der Waals surface area contributed by atoms with Gasteiger partial charge in [-0.3, -0.25) is 4.79 Å². The molecule has 120 valence electrons. The molecule has 0 atom stereocenters. The van der Waals surface area contributed by atoms with Crippen molar-refractivity contribution in [3.05, 3.63) is 64.5 Å². The molecule has 0 saturated heterocycles. The lowest BCUT2D eigenvalue weighted by Gasteiger charge is -2.13. The van der Waals surface area contributed by atoms with E-state index in [4.69, 9.17) is 4.74 Å². The molecule has 0 aliphatic carbocycles. The van der Waals surface area contributed by atoms with E-state index < -0.39 is 24.3 Å². The van der Waals surface area contributed by atoms with E-state index in [1.165, 1.54) is 12.1 Å². The molecule has 0 spiro atoms. The average molecular weight is 315 g/mol. The number of carbonyl (C=O) groups excluding carboxylic acids is 2. The summed E-state index contributed by atoms with van der Waals surface area (Å²) < 4.78 is 17.7. The van der Waals surface area contributed by atoms with Crippen LogP contribution in [0.5, 0.6) is 0 Å². The van der Waals surface area contributed by atoms with Crippen molar-refractivity contribution in [2.24, 2.45) is 0 Å². The van der Waals surface area contributed by atoms with Crippen molar-refractivity contribution in [3.8, 4) is 0 Å². The third-order valence-electron chi connectivity index (χ3n) is 3.36. The minimum Gasteiger partial charge on any atom is -0.452 e. The summed E-state index contributed by atoms with van der Waals surface area (Å²) in [6, 6.07) is 8.87. The summed E-state index contributed by atoms with van der Waals surface area (Å²) in [4.78, 5) is 23.7. The predicted molar refractivity (Wildman–Crippen MR) is 86.0 cm³/mol. The van der Waals surface area contributed by atoms with Crippen LogP contribution in [-0.4, -0.2) is 18.5 Å². The maximum atomic E-state index is 12.8. The van der Waals surface area contributed by atoms with Crippen LogP contribution in [0.2, 0.25) is 0 Å². The van der Waals surface area contributed by atoms with Gasteiger partial charge in [-0.2, -0.15) is 0 Å². The van der Waals surface area contributed by atoms with E-state index in [0.29, 0.717) is 0 Å². The highest BCUT2D eigenvalue weighted by molar-refractivity contribution is 5.96. The Labute approximate surface area is 134 Å². The van der Waals surface area contributed by atoms with Gasteiger partial charge in [0.05, 0.1) is 5.56 Å². The van der Waals surface area contributed by atoms with Crippen LogP contribution >= 0.6 is 0 Å². The average Bonchev–Trinajstić information content (AvgIpc) is 2.49. The number of rotatable bonds is 4. The molecule has 0 bridgehead atoms. The van der Waals surface area contributed by atoms with Gasteiger partial charge in [0, 0.05) is 5.69 Å². The van der Waals surface area contributed by atoms with Crippen molar-refractivity contribution in [3.63, 3.8) is 0 Å². The number of amides is 1. The molecule has 4 nitrogen and oxygen atoms in total. The van der Waals surface area contributed by atoms with Gasteiger partial charge in [-0.15, -0.1) is 0 Å². The highest BCUT2D eigenvalue weighted by atomic mass is 19.1. The van der Waals surface area contributed by atoms with Gasteiger partial charge in [-0.1, -0.05) is 17.7 Å². The summed E-state index contributed by atoms with van der Waals surface area (Å²) in [5.74, 6) is -1.53. The molecule has 0 aromatic heterocycles. The molecule has 2 aromatic rings. The molecule has 0 radical (unpaired) electrons. The number of benzene rings is 2. The Hall–Kier alpha value is -2.69. The smallest absolute Gasteiger partial charge is 0.338 e. The molecule has 0 fully saturated rings. The molecule has 0 unspecified atom stereocenters. The largest absolute Gasteiger partial charge is 0.452 e.